The minimum absolute atomic E-state index is 0.0000613. The van der Waals surface area contributed by atoms with Gasteiger partial charge in [0.1, 0.15) is 5.54 Å². The number of thiazole rings is 1. The molecule has 0 saturated heterocycles. The van der Waals surface area contributed by atoms with Crippen LogP contribution < -0.4 is 16.0 Å². The molecule has 3 aromatic heterocycles. The standard InChI is InChI=1S/C22H20N6O5S2/c1-13-7-15(33-25-13)10-27-19-4-3-17(35(31,32)26-22(12-23)5-6-22)8-18(19)20(29)28(21(27)30)11-16-9-24-14(2)34-16/h3-4,7-9,26H,5-6,10-11H2,1-2H3. The Morgan fingerprint density at radius 1 is 1.20 bits per heavy atom. The molecular formula is C22H20N6O5S2. The zero-order valence-corrected chi connectivity index (χ0v) is 20.4. The molecule has 0 spiro atoms. The third kappa shape index (κ3) is 4.31. The maximum atomic E-state index is 13.4. The summed E-state index contributed by atoms with van der Waals surface area (Å²) in [7, 11) is -4.07. The van der Waals surface area contributed by atoms with Gasteiger partial charge in [-0.25, -0.2) is 18.2 Å². The lowest BCUT2D eigenvalue weighted by molar-refractivity contribution is 0.371. The number of hydrogen-bond donors (Lipinski definition) is 1. The highest BCUT2D eigenvalue weighted by atomic mass is 32.2. The summed E-state index contributed by atoms with van der Waals surface area (Å²) in [5, 5.41) is 14.0. The van der Waals surface area contributed by atoms with E-state index in [0.29, 0.717) is 29.2 Å². The van der Waals surface area contributed by atoms with Gasteiger partial charge in [-0.2, -0.15) is 9.98 Å². The Kier molecular flexibility index (Phi) is 5.47. The molecule has 0 radical (unpaired) electrons. The second-order valence-electron chi connectivity index (χ2n) is 8.52. The monoisotopic (exact) mass is 512 g/mol. The summed E-state index contributed by atoms with van der Waals surface area (Å²) < 4.78 is 36.0. The number of aromatic nitrogens is 4. The number of rotatable bonds is 7. The summed E-state index contributed by atoms with van der Waals surface area (Å²) in [6.45, 7) is 3.56. The molecule has 3 heterocycles. The number of aryl methyl sites for hydroxylation is 2. The minimum Gasteiger partial charge on any atom is -0.359 e. The van der Waals surface area contributed by atoms with Crippen LogP contribution >= 0.6 is 11.3 Å². The fourth-order valence-electron chi connectivity index (χ4n) is 3.82. The van der Waals surface area contributed by atoms with E-state index in [-0.39, 0.29) is 28.9 Å². The van der Waals surface area contributed by atoms with Gasteiger partial charge in [-0.1, -0.05) is 5.16 Å². The van der Waals surface area contributed by atoms with Gasteiger partial charge in [0.2, 0.25) is 10.0 Å². The number of nitriles is 1. The second kappa shape index (κ2) is 8.26. The first-order chi connectivity index (χ1) is 16.6. The molecule has 35 heavy (non-hydrogen) atoms. The molecule has 1 aromatic carbocycles. The molecular weight excluding hydrogens is 492 g/mol. The maximum Gasteiger partial charge on any atom is 0.332 e. The highest BCUT2D eigenvalue weighted by Crippen LogP contribution is 2.36. The quantitative estimate of drug-likeness (QED) is 0.392. The van der Waals surface area contributed by atoms with Gasteiger partial charge < -0.3 is 4.52 Å². The second-order valence-corrected chi connectivity index (χ2v) is 11.5. The van der Waals surface area contributed by atoms with Crippen molar-refractivity contribution in [3.05, 3.63) is 72.6 Å². The van der Waals surface area contributed by atoms with Crippen molar-refractivity contribution in [3.8, 4) is 6.07 Å². The topological polar surface area (TPSA) is 153 Å². The van der Waals surface area contributed by atoms with Crippen LogP contribution in [0.5, 0.6) is 0 Å². The number of sulfonamides is 1. The van der Waals surface area contributed by atoms with Crippen LogP contribution in [0.2, 0.25) is 0 Å². The molecule has 11 nitrogen and oxygen atoms in total. The highest BCUT2D eigenvalue weighted by molar-refractivity contribution is 7.89. The summed E-state index contributed by atoms with van der Waals surface area (Å²) in [5.74, 6) is 0.410. The Balaban J connectivity index is 1.69. The largest absolute Gasteiger partial charge is 0.359 e. The molecule has 0 aliphatic heterocycles. The van der Waals surface area contributed by atoms with Crippen LogP contribution in [0.3, 0.4) is 0 Å². The van der Waals surface area contributed by atoms with E-state index in [9.17, 15) is 23.3 Å². The van der Waals surface area contributed by atoms with Crippen molar-refractivity contribution in [1.82, 2.24) is 24.0 Å². The Morgan fingerprint density at radius 2 is 1.97 bits per heavy atom. The van der Waals surface area contributed by atoms with E-state index in [0.717, 1.165) is 9.57 Å². The molecule has 0 atom stereocenters. The van der Waals surface area contributed by atoms with Crippen LogP contribution in [0.15, 0.2) is 49.5 Å². The molecule has 1 N–H and O–H groups in total. The molecule has 1 aliphatic carbocycles. The predicted molar refractivity (Wildman–Crippen MR) is 127 cm³/mol. The van der Waals surface area contributed by atoms with Crippen LogP contribution in [0.4, 0.5) is 0 Å². The SMILES string of the molecule is Cc1cc(Cn2c(=O)n(Cc3cnc(C)s3)c(=O)c3cc(S(=O)(=O)NC4(C#N)CC4)ccc32)on1. The summed E-state index contributed by atoms with van der Waals surface area (Å²) in [6, 6.07) is 7.64. The fourth-order valence-corrected chi connectivity index (χ4v) is 6.01. The average Bonchev–Trinajstić information content (AvgIpc) is 3.26. The first-order valence-corrected chi connectivity index (χ1v) is 13.0. The molecule has 1 saturated carbocycles. The van der Waals surface area contributed by atoms with Gasteiger partial charge in [0.15, 0.2) is 5.76 Å². The van der Waals surface area contributed by atoms with E-state index in [2.05, 4.69) is 14.9 Å². The molecule has 0 amide bonds. The normalized spacial score (nSPS) is 14.8. The molecule has 4 aromatic rings. The van der Waals surface area contributed by atoms with E-state index in [1.54, 1.807) is 19.2 Å². The smallest absolute Gasteiger partial charge is 0.332 e. The van der Waals surface area contributed by atoms with Gasteiger partial charge in [-0.3, -0.25) is 13.9 Å². The zero-order chi connectivity index (χ0) is 25.0. The fraction of sp³-hybridized carbons (Fsp3) is 0.318. The Morgan fingerprint density at radius 3 is 2.57 bits per heavy atom. The van der Waals surface area contributed by atoms with Gasteiger partial charge in [0.25, 0.3) is 5.56 Å². The molecule has 1 aliphatic rings. The first-order valence-electron chi connectivity index (χ1n) is 10.7. The van der Waals surface area contributed by atoms with Crippen molar-refractivity contribution in [2.75, 3.05) is 0 Å². The van der Waals surface area contributed by atoms with Crippen molar-refractivity contribution in [3.63, 3.8) is 0 Å². The van der Waals surface area contributed by atoms with Gasteiger partial charge in [-0.15, -0.1) is 11.3 Å². The molecule has 13 heteroatoms. The Labute approximate surface area is 203 Å². The number of hydrogen-bond acceptors (Lipinski definition) is 9. The summed E-state index contributed by atoms with van der Waals surface area (Å²) in [5.41, 5.74) is -1.42. The average molecular weight is 513 g/mol. The van der Waals surface area contributed by atoms with Crippen molar-refractivity contribution < 1.29 is 12.9 Å². The van der Waals surface area contributed by atoms with Gasteiger partial charge in [-0.05, 0) is 44.9 Å². The third-order valence-electron chi connectivity index (χ3n) is 5.77. The highest BCUT2D eigenvalue weighted by Gasteiger charge is 2.46. The van der Waals surface area contributed by atoms with Crippen molar-refractivity contribution in [2.24, 2.45) is 0 Å². The number of fused-ring (bicyclic) bond motifs is 1. The number of nitrogens with zero attached hydrogens (tertiary/aromatic N) is 5. The zero-order valence-electron chi connectivity index (χ0n) is 18.8. The van der Waals surface area contributed by atoms with E-state index in [4.69, 9.17) is 4.52 Å². The van der Waals surface area contributed by atoms with Gasteiger partial charge in [0, 0.05) is 17.1 Å². The molecule has 5 rings (SSSR count). The first kappa shape index (κ1) is 23.2. The van der Waals surface area contributed by atoms with Crippen LogP contribution in [-0.4, -0.2) is 33.2 Å². The van der Waals surface area contributed by atoms with Crippen molar-refractivity contribution in [1.29, 1.82) is 5.26 Å². The summed E-state index contributed by atoms with van der Waals surface area (Å²) >= 11 is 1.36. The van der Waals surface area contributed by atoms with Crippen LogP contribution in [0, 0.1) is 25.2 Å². The number of benzene rings is 1. The van der Waals surface area contributed by atoms with Crippen LogP contribution in [0.1, 0.15) is 34.2 Å². The predicted octanol–water partition coefficient (Wildman–Crippen LogP) is 1.66. The van der Waals surface area contributed by atoms with Crippen LogP contribution in [0.25, 0.3) is 10.9 Å². The molecule has 0 unspecified atom stereocenters. The Bertz CT molecular complexity index is 1730. The van der Waals surface area contributed by atoms with E-state index in [1.165, 1.54) is 34.1 Å². The minimum atomic E-state index is -4.07. The number of nitrogens with one attached hydrogen (secondary N) is 1. The molecule has 1 fully saturated rings. The van der Waals surface area contributed by atoms with Gasteiger partial charge >= 0.3 is 5.69 Å². The van der Waals surface area contributed by atoms with Gasteiger partial charge in [0.05, 0.1) is 45.7 Å². The van der Waals surface area contributed by atoms with Crippen molar-refractivity contribution >= 4 is 32.3 Å². The summed E-state index contributed by atoms with van der Waals surface area (Å²) in [6.07, 6.45) is 2.45. The lowest BCUT2D eigenvalue weighted by Gasteiger charge is -2.15. The Hall–Kier alpha value is -3.60. The summed E-state index contributed by atoms with van der Waals surface area (Å²) in [4.78, 5) is 31.6. The lowest BCUT2D eigenvalue weighted by Crippen LogP contribution is -2.40. The van der Waals surface area contributed by atoms with Crippen LogP contribution in [-0.2, 0) is 23.1 Å². The maximum absolute atomic E-state index is 13.4. The van der Waals surface area contributed by atoms with E-state index in [1.807, 2.05) is 13.0 Å². The van der Waals surface area contributed by atoms with E-state index >= 15 is 0 Å². The van der Waals surface area contributed by atoms with Crippen molar-refractivity contribution in [2.45, 2.75) is 50.2 Å². The van der Waals surface area contributed by atoms with E-state index < -0.39 is 26.8 Å². The lowest BCUT2D eigenvalue weighted by atomic mass is 10.2. The third-order valence-corrected chi connectivity index (χ3v) is 8.21. The molecule has 180 valence electrons. The molecule has 0 bridgehead atoms.